The van der Waals surface area contributed by atoms with E-state index in [0.717, 1.165) is 18.5 Å². The van der Waals surface area contributed by atoms with Gasteiger partial charge in [0.1, 0.15) is 0 Å². The van der Waals surface area contributed by atoms with Crippen molar-refractivity contribution in [3.05, 3.63) is 52.3 Å². The van der Waals surface area contributed by atoms with E-state index in [1.807, 2.05) is 11.7 Å². The Morgan fingerprint density at radius 1 is 1.30 bits per heavy atom. The molecule has 4 heteroatoms. The van der Waals surface area contributed by atoms with Crippen molar-refractivity contribution >= 4 is 0 Å². The lowest BCUT2D eigenvalue weighted by molar-refractivity contribution is 0.547. The fourth-order valence-corrected chi connectivity index (χ4v) is 2.54. The first-order valence-corrected chi connectivity index (χ1v) is 7.09. The number of benzene rings is 1. The Morgan fingerprint density at radius 2 is 2.05 bits per heavy atom. The lowest BCUT2D eigenvalue weighted by atomic mass is 9.97. The van der Waals surface area contributed by atoms with Crippen molar-refractivity contribution in [3.63, 3.8) is 0 Å². The molecule has 0 radical (unpaired) electrons. The molecule has 0 spiro atoms. The molecule has 2 rings (SSSR count). The normalized spacial score (nSPS) is 12.7. The molecule has 0 aliphatic carbocycles. The zero-order valence-electron chi connectivity index (χ0n) is 12.8. The summed E-state index contributed by atoms with van der Waals surface area (Å²) in [7, 11) is 1.95. The van der Waals surface area contributed by atoms with Gasteiger partial charge in [-0.1, -0.05) is 25.1 Å². The number of hydrazine groups is 1. The second kappa shape index (κ2) is 6.20. The van der Waals surface area contributed by atoms with E-state index in [1.54, 1.807) is 0 Å². The van der Waals surface area contributed by atoms with Crippen molar-refractivity contribution in [3.8, 4) is 0 Å². The molecule has 108 valence electrons. The third-order valence-corrected chi connectivity index (χ3v) is 3.86. The molecule has 3 N–H and O–H groups in total. The molecule has 0 aliphatic heterocycles. The van der Waals surface area contributed by atoms with Gasteiger partial charge in [0.05, 0.1) is 11.7 Å². The topological polar surface area (TPSA) is 55.9 Å². The van der Waals surface area contributed by atoms with E-state index in [1.165, 1.54) is 22.3 Å². The average Bonchev–Trinajstić information content (AvgIpc) is 2.81. The number of nitrogens with two attached hydrogens (primary N) is 1. The first-order valence-electron chi connectivity index (χ1n) is 7.09. The van der Waals surface area contributed by atoms with E-state index >= 15 is 0 Å². The quantitative estimate of drug-likeness (QED) is 0.649. The summed E-state index contributed by atoms with van der Waals surface area (Å²) in [6, 6.07) is 6.68. The van der Waals surface area contributed by atoms with Gasteiger partial charge in [-0.25, -0.2) is 0 Å². The van der Waals surface area contributed by atoms with Crippen molar-refractivity contribution in [1.29, 1.82) is 0 Å². The maximum Gasteiger partial charge on any atom is 0.0670 e. The van der Waals surface area contributed by atoms with Gasteiger partial charge in [-0.3, -0.25) is 16.0 Å². The molecule has 1 aromatic carbocycles. The van der Waals surface area contributed by atoms with Gasteiger partial charge in [-0.2, -0.15) is 5.10 Å². The molecule has 0 fully saturated rings. The van der Waals surface area contributed by atoms with Crippen molar-refractivity contribution in [2.75, 3.05) is 0 Å². The number of aromatic nitrogens is 2. The first-order chi connectivity index (χ1) is 9.55. The highest BCUT2D eigenvalue weighted by atomic mass is 15.3. The summed E-state index contributed by atoms with van der Waals surface area (Å²) in [4.78, 5) is 0. The van der Waals surface area contributed by atoms with Crippen LogP contribution in [0.5, 0.6) is 0 Å². The van der Waals surface area contributed by atoms with Crippen LogP contribution in [-0.2, 0) is 19.9 Å². The Morgan fingerprint density at radius 3 is 2.65 bits per heavy atom. The van der Waals surface area contributed by atoms with Gasteiger partial charge < -0.3 is 0 Å². The Kier molecular flexibility index (Phi) is 4.57. The van der Waals surface area contributed by atoms with Crippen molar-refractivity contribution in [1.82, 2.24) is 15.2 Å². The standard InChI is InChI=1S/C16H24N4/c1-5-15-14(10-20(4)19-15)16(18-17)9-13-7-6-11(2)12(3)8-13/h6-8,10,16,18H,5,9,17H2,1-4H3. The van der Waals surface area contributed by atoms with Gasteiger partial charge in [-0.15, -0.1) is 0 Å². The lowest BCUT2D eigenvalue weighted by Crippen LogP contribution is -2.30. The molecule has 1 aromatic heterocycles. The van der Waals surface area contributed by atoms with Gasteiger partial charge in [0.2, 0.25) is 0 Å². The summed E-state index contributed by atoms with van der Waals surface area (Å²) < 4.78 is 1.86. The second-order valence-corrected chi connectivity index (χ2v) is 5.40. The molecule has 2 aromatic rings. The van der Waals surface area contributed by atoms with Crippen LogP contribution in [0, 0.1) is 13.8 Å². The van der Waals surface area contributed by atoms with Crippen LogP contribution in [0.1, 0.15) is 40.9 Å². The van der Waals surface area contributed by atoms with Crippen LogP contribution in [0.3, 0.4) is 0 Å². The van der Waals surface area contributed by atoms with Gasteiger partial charge in [-0.05, 0) is 43.4 Å². The number of rotatable bonds is 5. The molecule has 1 atom stereocenters. The van der Waals surface area contributed by atoms with E-state index < -0.39 is 0 Å². The summed E-state index contributed by atoms with van der Waals surface area (Å²) in [5, 5.41) is 4.49. The molecule has 1 heterocycles. The molecule has 20 heavy (non-hydrogen) atoms. The van der Waals surface area contributed by atoms with E-state index in [0.29, 0.717) is 0 Å². The molecule has 0 bridgehead atoms. The molecule has 0 aliphatic rings. The lowest BCUT2D eigenvalue weighted by Gasteiger charge is -2.16. The highest BCUT2D eigenvalue weighted by molar-refractivity contribution is 5.32. The SMILES string of the molecule is CCc1nn(C)cc1C(Cc1ccc(C)c(C)c1)NN. The van der Waals surface area contributed by atoms with Crippen LogP contribution in [0.15, 0.2) is 24.4 Å². The Hall–Kier alpha value is -1.65. The largest absolute Gasteiger partial charge is 0.275 e. The monoisotopic (exact) mass is 272 g/mol. The van der Waals surface area contributed by atoms with Crippen molar-refractivity contribution < 1.29 is 0 Å². The number of nitrogens with one attached hydrogen (secondary N) is 1. The Bertz CT molecular complexity index is 586. The van der Waals surface area contributed by atoms with Gasteiger partial charge in [0.25, 0.3) is 0 Å². The molecule has 0 saturated carbocycles. The van der Waals surface area contributed by atoms with Crippen LogP contribution >= 0.6 is 0 Å². The zero-order valence-corrected chi connectivity index (χ0v) is 12.8. The van der Waals surface area contributed by atoms with Gasteiger partial charge in [0, 0.05) is 18.8 Å². The predicted molar refractivity (Wildman–Crippen MR) is 82.3 cm³/mol. The van der Waals surface area contributed by atoms with Crippen molar-refractivity contribution in [2.45, 2.75) is 39.7 Å². The molecule has 1 unspecified atom stereocenters. The summed E-state index contributed by atoms with van der Waals surface area (Å²) >= 11 is 0. The minimum atomic E-state index is 0.0979. The summed E-state index contributed by atoms with van der Waals surface area (Å²) in [5.41, 5.74) is 9.17. The highest BCUT2D eigenvalue weighted by Gasteiger charge is 2.17. The van der Waals surface area contributed by atoms with Crippen LogP contribution < -0.4 is 11.3 Å². The minimum Gasteiger partial charge on any atom is -0.275 e. The van der Waals surface area contributed by atoms with Gasteiger partial charge >= 0.3 is 0 Å². The second-order valence-electron chi connectivity index (χ2n) is 5.40. The van der Waals surface area contributed by atoms with E-state index in [2.05, 4.69) is 55.7 Å². The smallest absolute Gasteiger partial charge is 0.0670 e. The minimum absolute atomic E-state index is 0.0979. The van der Waals surface area contributed by atoms with Crippen LogP contribution in [0.4, 0.5) is 0 Å². The van der Waals surface area contributed by atoms with E-state index in [-0.39, 0.29) is 6.04 Å². The molecule has 0 saturated heterocycles. The van der Waals surface area contributed by atoms with Gasteiger partial charge in [0.15, 0.2) is 0 Å². The number of nitrogens with zero attached hydrogens (tertiary/aromatic N) is 2. The van der Waals surface area contributed by atoms with E-state index in [9.17, 15) is 0 Å². The summed E-state index contributed by atoms with van der Waals surface area (Å²) in [5.74, 6) is 5.77. The van der Waals surface area contributed by atoms with Crippen LogP contribution in [0.25, 0.3) is 0 Å². The maximum atomic E-state index is 5.77. The average molecular weight is 272 g/mol. The fourth-order valence-electron chi connectivity index (χ4n) is 2.54. The fraction of sp³-hybridized carbons (Fsp3) is 0.438. The molecular weight excluding hydrogens is 248 g/mol. The third kappa shape index (κ3) is 3.08. The number of aryl methyl sites for hydroxylation is 4. The Labute approximate surface area is 121 Å². The number of hydrogen-bond acceptors (Lipinski definition) is 3. The zero-order chi connectivity index (χ0) is 14.7. The highest BCUT2D eigenvalue weighted by Crippen LogP contribution is 2.22. The molecular formula is C16H24N4. The first kappa shape index (κ1) is 14.8. The van der Waals surface area contributed by atoms with Crippen LogP contribution in [-0.4, -0.2) is 9.78 Å². The summed E-state index contributed by atoms with van der Waals surface area (Å²) in [6.07, 6.45) is 3.85. The Balaban J connectivity index is 2.26. The maximum absolute atomic E-state index is 5.77. The molecule has 4 nitrogen and oxygen atoms in total. The van der Waals surface area contributed by atoms with Crippen LogP contribution in [0.2, 0.25) is 0 Å². The third-order valence-electron chi connectivity index (χ3n) is 3.86. The number of hydrogen-bond donors (Lipinski definition) is 2. The van der Waals surface area contributed by atoms with E-state index in [4.69, 9.17) is 5.84 Å². The van der Waals surface area contributed by atoms with Crippen molar-refractivity contribution in [2.24, 2.45) is 12.9 Å². The summed E-state index contributed by atoms with van der Waals surface area (Å²) in [6.45, 7) is 6.40. The molecule has 0 amide bonds. The predicted octanol–water partition coefficient (Wildman–Crippen LogP) is 2.35.